The van der Waals surface area contributed by atoms with Gasteiger partial charge in [-0.2, -0.15) is 11.8 Å². The largest absolute Gasteiger partial charge is 0.308 e. The summed E-state index contributed by atoms with van der Waals surface area (Å²) in [6.07, 6.45) is 5.98. The van der Waals surface area contributed by atoms with Crippen LogP contribution in [-0.4, -0.2) is 47.6 Å². The quantitative estimate of drug-likeness (QED) is 0.737. The third kappa shape index (κ3) is 3.87. The van der Waals surface area contributed by atoms with Crippen LogP contribution in [0, 0.1) is 0 Å². The van der Waals surface area contributed by atoms with Crippen molar-refractivity contribution in [3.63, 3.8) is 0 Å². The van der Waals surface area contributed by atoms with Gasteiger partial charge in [-0.15, -0.1) is 0 Å². The normalized spacial score (nSPS) is 23.8. The molecule has 1 aliphatic rings. The van der Waals surface area contributed by atoms with Crippen LogP contribution in [0.25, 0.3) is 0 Å². The molecule has 1 fully saturated rings. The molecule has 0 aromatic carbocycles. The minimum absolute atomic E-state index is 0.312. The van der Waals surface area contributed by atoms with Crippen LogP contribution in [0.4, 0.5) is 0 Å². The summed E-state index contributed by atoms with van der Waals surface area (Å²) in [4.78, 5) is 2.70. The van der Waals surface area contributed by atoms with E-state index in [1.165, 1.54) is 38.1 Å². The number of hydrogen-bond acceptors (Lipinski definition) is 3. The molecule has 17 heavy (non-hydrogen) atoms. The smallest absolute Gasteiger partial charge is 0.0304 e. The second kappa shape index (κ2) is 6.44. The number of thioether (sulfide) groups is 1. The molecule has 0 aliphatic carbocycles. The van der Waals surface area contributed by atoms with Crippen molar-refractivity contribution in [2.45, 2.75) is 58.0 Å². The summed E-state index contributed by atoms with van der Waals surface area (Å²) in [5, 5.41) is 3.80. The van der Waals surface area contributed by atoms with Crippen LogP contribution in [0.2, 0.25) is 0 Å². The van der Waals surface area contributed by atoms with Crippen LogP contribution < -0.4 is 5.32 Å². The molecule has 0 amide bonds. The average molecular weight is 258 g/mol. The van der Waals surface area contributed by atoms with Crippen LogP contribution in [0.5, 0.6) is 0 Å². The van der Waals surface area contributed by atoms with Gasteiger partial charge in [-0.3, -0.25) is 4.90 Å². The molecule has 0 unspecified atom stereocenters. The van der Waals surface area contributed by atoms with Gasteiger partial charge in [0.1, 0.15) is 0 Å². The van der Waals surface area contributed by atoms with Crippen LogP contribution in [0.3, 0.4) is 0 Å². The third-order valence-electron chi connectivity index (χ3n) is 4.38. The molecule has 3 heteroatoms. The summed E-state index contributed by atoms with van der Waals surface area (Å²) in [6.45, 7) is 12.9. The Hall–Kier alpha value is 0.270. The molecular weight excluding hydrogens is 228 g/mol. The second-order valence-electron chi connectivity index (χ2n) is 5.92. The van der Waals surface area contributed by atoms with E-state index in [1.807, 2.05) is 11.8 Å². The Morgan fingerprint density at radius 2 is 1.88 bits per heavy atom. The Morgan fingerprint density at radius 3 is 2.41 bits per heavy atom. The van der Waals surface area contributed by atoms with E-state index < -0.39 is 0 Å². The lowest BCUT2D eigenvalue weighted by Crippen LogP contribution is -2.67. The fraction of sp³-hybridized carbons (Fsp3) is 1.00. The summed E-state index contributed by atoms with van der Waals surface area (Å²) in [6, 6.07) is 0. The molecule has 1 saturated heterocycles. The van der Waals surface area contributed by atoms with Crippen LogP contribution >= 0.6 is 11.8 Å². The monoisotopic (exact) mass is 258 g/mol. The lowest BCUT2D eigenvalue weighted by molar-refractivity contribution is 0.0230. The van der Waals surface area contributed by atoms with Gasteiger partial charge in [0.25, 0.3) is 0 Å². The Kier molecular flexibility index (Phi) is 5.81. The molecule has 102 valence electrons. The Balaban J connectivity index is 2.62. The van der Waals surface area contributed by atoms with Gasteiger partial charge >= 0.3 is 0 Å². The minimum atomic E-state index is 0.312. The molecule has 0 saturated carbocycles. The van der Waals surface area contributed by atoms with E-state index in [2.05, 4.69) is 44.2 Å². The maximum Gasteiger partial charge on any atom is 0.0304 e. The van der Waals surface area contributed by atoms with E-state index in [1.54, 1.807) is 0 Å². The highest BCUT2D eigenvalue weighted by atomic mass is 32.2. The molecule has 0 radical (unpaired) electrons. The Labute approximate surface area is 112 Å². The zero-order chi connectivity index (χ0) is 12.9. The minimum Gasteiger partial charge on any atom is -0.308 e. The summed E-state index contributed by atoms with van der Waals surface area (Å²) < 4.78 is 0. The zero-order valence-corrected chi connectivity index (χ0v) is 13.1. The second-order valence-corrected chi connectivity index (χ2v) is 6.91. The molecule has 0 bridgehead atoms. The number of piperazine rings is 1. The van der Waals surface area contributed by atoms with E-state index in [0.29, 0.717) is 11.1 Å². The SMILES string of the molecule is CCC1(CC)CN(CCCSC)C(C)(C)CN1. The maximum atomic E-state index is 3.80. The van der Waals surface area contributed by atoms with Crippen molar-refractivity contribution in [1.29, 1.82) is 0 Å². The number of nitrogens with zero attached hydrogens (tertiary/aromatic N) is 1. The first-order chi connectivity index (χ1) is 7.99. The van der Waals surface area contributed by atoms with Crippen molar-refractivity contribution < 1.29 is 0 Å². The lowest BCUT2D eigenvalue weighted by Gasteiger charge is -2.52. The van der Waals surface area contributed by atoms with E-state index >= 15 is 0 Å². The van der Waals surface area contributed by atoms with Gasteiger partial charge in [-0.1, -0.05) is 13.8 Å². The van der Waals surface area contributed by atoms with Gasteiger partial charge < -0.3 is 5.32 Å². The number of rotatable bonds is 6. The Bertz CT molecular complexity index is 224. The maximum absolute atomic E-state index is 3.80. The first kappa shape index (κ1) is 15.3. The summed E-state index contributed by atoms with van der Waals surface area (Å²) >= 11 is 1.96. The number of nitrogens with one attached hydrogen (secondary N) is 1. The fourth-order valence-corrected chi connectivity index (χ4v) is 3.07. The highest BCUT2D eigenvalue weighted by Crippen LogP contribution is 2.28. The highest BCUT2D eigenvalue weighted by Gasteiger charge is 2.40. The molecule has 1 rings (SSSR count). The van der Waals surface area contributed by atoms with Crippen molar-refractivity contribution in [3.05, 3.63) is 0 Å². The van der Waals surface area contributed by atoms with Crippen LogP contribution in [0.1, 0.15) is 47.0 Å². The predicted molar refractivity (Wildman–Crippen MR) is 80.0 cm³/mol. The molecule has 0 atom stereocenters. The fourth-order valence-electron chi connectivity index (χ4n) is 2.66. The molecule has 1 aliphatic heterocycles. The Morgan fingerprint density at radius 1 is 1.24 bits per heavy atom. The van der Waals surface area contributed by atoms with E-state index in [-0.39, 0.29) is 0 Å². The summed E-state index contributed by atoms with van der Waals surface area (Å²) in [5.74, 6) is 1.28. The van der Waals surface area contributed by atoms with Gasteiger partial charge in [0.05, 0.1) is 0 Å². The predicted octanol–water partition coefficient (Wildman–Crippen LogP) is 2.98. The van der Waals surface area contributed by atoms with E-state index in [0.717, 1.165) is 6.54 Å². The first-order valence-electron chi connectivity index (χ1n) is 6.98. The van der Waals surface area contributed by atoms with Gasteiger partial charge in [-0.25, -0.2) is 0 Å². The van der Waals surface area contributed by atoms with E-state index in [4.69, 9.17) is 0 Å². The van der Waals surface area contributed by atoms with Crippen molar-refractivity contribution in [1.82, 2.24) is 10.2 Å². The zero-order valence-electron chi connectivity index (χ0n) is 12.3. The van der Waals surface area contributed by atoms with Crippen molar-refractivity contribution in [3.8, 4) is 0 Å². The van der Waals surface area contributed by atoms with Crippen molar-refractivity contribution in [2.24, 2.45) is 0 Å². The molecule has 1 N–H and O–H groups in total. The lowest BCUT2D eigenvalue weighted by atomic mass is 9.85. The van der Waals surface area contributed by atoms with Crippen LogP contribution in [-0.2, 0) is 0 Å². The van der Waals surface area contributed by atoms with Crippen LogP contribution in [0.15, 0.2) is 0 Å². The first-order valence-corrected chi connectivity index (χ1v) is 8.38. The number of hydrogen-bond donors (Lipinski definition) is 1. The van der Waals surface area contributed by atoms with Gasteiger partial charge in [0, 0.05) is 24.2 Å². The van der Waals surface area contributed by atoms with Crippen molar-refractivity contribution in [2.75, 3.05) is 31.6 Å². The molecule has 0 aromatic rings. The van der Waals surface area contributed by atoms with E-state index in [9.17, 15) is 0 Å². The van der Waals surface area contributed by atoms with Gasteiger partial charge in [0.2, 0.25) is 0 Å². The van der Waals surface area contributed by atoms with Crippen molar-refractivity contribution >= 4 is 11.8 Å². The molecule has 0 aromatic heterocycles. The molecule has 0 spiro atoms. The average Bonchev–Trinajstić information content (AvgIpc) is 2.32. The molecule has 2 nitrogen and oxygen atoms in total. The van der Waals surface area contributed by atoms with Gasteiger partial charge in [-0.05, 0) is 51.7 Å². The third-order valence-corrected chi connectivity index (χ3v) is 5.07. The summed E-state index contributed by atoms with van der Waals surface area (Å²) in [7, 11) is 0. The van der Waals surface area contributed by atoms with Gasteiger partial charge in [0.15, 0.2) is 0 Å². The molecular formula is C14H30N2S. The molecule has 1 heterocycles. The summed E-state index contributed by atoms with van der Waals surface area (Å²) in [5.41, 5.74) is 0.668. The highest BCUT2D eigenvalue weighted by molar-refractivity contribution is 7.98. The standard InChI is InChI=1S/C14H30N2S/c1-6-14(7-2)12-16(9-8-10-17-5)13(3,4)11-15-14/h15H,6-12H2,1-5H3. The topological polar surface area (TPSA) is 15.3 Å².